The summed E-state index contributed by atoms with van der Waals surface area (Å²) < 4.78 is 0.815. The number of hydrogen-bond acceptors (Lipinski definition) is 0. The van der Waals surface area contributed by atoms with Gasteiger partial charge in [-0.25, -0.2) is 0 Å². The number of benzene rings is 2. The molecule has 0 unspecified atom stereocenters. The first-order chi connectivity index (χ1) is 18.5. The van der Waals surface area contributed by atoms with Crippen LogP contribution in [0.1, 0.15) is 75.6 Å². The molecule has 6 aliphatic carbocycles. The van der Waals surface area contributed by atoms with Gasteiger partial charge in [-0.15, -0.1) is 0 Å². The van der Waals surface area contributed by atoms with Gasteiger partial charge in [0.2, 0.25) is 0 Å². The van der Waals surface area contributed by atoms with Crippen molar-refractivity contribution in [1.29, 1.82) is 0 Å². The Morgan fingerprint density at radius 3 is 1.26 bits per heavy atom. The minimum absolute atomic E-state index is 0.287. The second-order valence-electron chi connectivity index (χ2n) is 15.0. The summed E-state index contributed by atoms with van der Waals surface area (Å²) in [5, 5.41) is 0. The van der Waals surface area contributed by atoms with Crippen LogP contribution in [0.2, 0.25) is 8.63 Å². The number of fused-ring (bicyclic) bond motifs is 2. The van der Waals surface area contributed by atoms with Crippen LogP contribution in [0.15, 0.2) is 72.8 Å². The molecule has 0 N–H and O–H groups in total. The topological polar surface area (TPSA) is 0 Å². The zero-order valence-electron chi connectivity index (χ0n) is 24.1. The van der Waals surface area contributed by atoms with Crippen molar-refractivity contribution in [2.45, 2.75) is 87.7 Å². The molecule has 0 saturated heterocycles. The van der Waals surface area contributed by atoms with Crippen LogP contribution in [0.3, 0.4) is 0 Å². The standard InChI is InChI=1S/C36H42Se3/c1-23-31(3,4)29-15-17-35(23,33(29)19-25-11-7-8-12-26(25)20-33)37-39-38-36-18-16-30(32(5,6)24(36)2)34(36)21-27-13-9-10-14-28(27)22-34/h7-14,29-30H,1-2,15-22H2,3-6H3/t29-,30-,35-,36-/m0/s1. The third-order valence-corrected chi connectivity index (χ3v) is 33.9. The van der Waals surface area contributed by atoms with Crippen molar-refractivity contribution in [1.82, 2.24) is 0 Å². The normalized spacial score (nSPS) is 36.8. The van der Waals surface area contributed by atoms with Crippen molar-refractivity contribution < 1.29 is 0 Å². The van der Waals surface area contributed by atoms with Gasteiger partial charge >= 0.3 is 254 Å². The summed E-state index contributed by atoms with van der Waals surface area (Å²) in [4.78, 5) is 0. The van der Waals surface area contributed by atoms with E-state index in [4.69, 9.17) is 13.2 Å². The molecule has 0 heterocycles. The molecule has 4 saturated carbocycles. The molecule has 0 amide bonds. The Labute approximate surface area is 252 Å². The number of hydrogen-bond donors (Lipinski definition) is 0. The summed E-state index contributed by atoms with van der Waals surface area (Å²) in [6.45, 7) is 20.2. The van der Waals surface area contributed by atoms with E-state index in [0.717, 1.165) is 23.1 Å². The van der Waals surface area contributed by atoms with E-state index >= 15 is 0 Å². The van der Waals surface area contributed by atoms with Crippen LogP contribution >= 0.6 is 0 Å². The second kappa shape index (κ2) is 8.10. The van der Waals surface area contributed by atoms with Crippen molar-refractivity contribution in [2.24, 2.45) is 33.5 Å². The van der Waals surface area contributed by atoms with Crippen LogP contribution in [-0.4, -0.2) is 37.6 Å². The zero-order chi connectivity index (χ0) is 27.1. The first kappa shape index (κ1) is 26.1. The van der Waals surface area contributed by atoms with Crippen LogP contribution in [0.4, 0.5) is 0 Å². The molecule has 0 nitrogen and oxygen atoms in total. The molecule has 4 bridgehead atoms. The Hall–Kier alpha value is -0.522. The zero-order valence-corrected chi connectivity index (χ0v) is 29.2. The van der Waals surface area contributed by atoms with Gasteiger partial charge in [0.15, 0.2) is 0 Å². The summed E-state index contributed by atoms with van der Waals surface area (Å²) in [6.07, 6.45) is 10.9. The minimum atomic E-state index is 0.287. The molecule has 6 aliphatic rings. The molecule has 0 radical (unpaired) electrons. The average molecular weight is 712 g/mol. The third-order valence-electron chi connectivity index (χ3n) is 13.4. The first-order valence-electron chi connectivity index (χ1n) is 15.1. The van der Waals surface area contributed by atoms with Gasteiger partial charge in [-0.05, 0) is 0 Å². The van der Waals surface area contributed by atoms with E-state index < -0.39 is 0 Å². The molecule has 2 spiro atoms. The molecule has 3 heteroatoms. The molecule has 39 heavy (non-hydrogen) atoms. The molecule has 204 valence electrons. The summed E-state index contributed by atoms with van der Waals surface area (Å²) in [6, 6.07) is 18.9. The fourth-order valence-electron chi connectivity index (χ4n) is 11.6. The SMILES string of the molecule is C=C1C(C)(C)[C@@H]2CC[C@@]1([Se][Se][Se][C@@]13CC[C@@H](C(C)(C)C1=C)C31Cc3ccccc3C1)C21Cc2ccccc2C1. The Balaban J connectivity index is 1.14. The molecule has 2 aromatic rings. The second-order valence-corrected chi connectivity index (χ2v) is 31.8. The third kappa shape index (κ3) is 2.90. The monoisotopic (exact) mass is 714 g/mol. The van der Waals surface area contributed by atoms with E-state index in [0.29, 0.717) is 45.7 Å². The van der Waals surface area contributed by atoms with Crippen molar-refractivity contribution in [2.75, 3.05) is 0 Å². The number of allylic oxidation sites excluding steroid dienone is 2. The fraction of sp³-hybridized carbons (Fsp3) is 0.556. The van der Waals surface area contributed by atoms with Gasteiger partial charge in [0.1, 0.15) is 0 Å². The molecule has 2 aromatic carbocycles. The van der Waals surface area contributed by atoms with Gasteiger partial charge in [0, 0.05) is 0 Å². The molecule has 0 aromatic heterocycles. The van der Waals surface area contributed by atoms with Gasteiger partial charge in [0.25, 0.3) is 0 Å². The maximum atomic E-state index is 4.99. The van der Waals surface area contributed by atoms with E-state index in [9.17, 15) is 0 Å². The van der Waals surface area contributed by atoms with Gasteiger partial charge in [-0.1, -0.05) is 0 Å². The Kier molecular flexibility index (Phi) is 5.43. The van der Waals surface area contributed by atoms with Crippen LogP contribution in [0, 0.1) is 33.5 Å². The molecular formula is C36H42Se3. The van der Waals surface area contributed by atoms with E-state index in [1.807, 2.05) is 0 Å². The first-order valence-corrected chi connectivity index (χ1v) is 25.5. The van der Waals surface area contributed by atoms with Crippen LogP contribution < -0.4 is 0 Å². The molecule has 0 aliphatic heterocycles. The Bertz CT molecular complexity index is 1270. The predicted octanol–water partition coefficient (Wildman–Crippen LogP) is 7.83. The average Bonchev–Trinajstić information content (AvgIpc) is 3.68. The van der Waals surface area contributed by atoms with E-state index in [-0.39, 0.29) is 10.8 Å². The van der Waals surface area contributed by atoms with Gasteiger partial charge in [-0.3, -0.25) is 0 Å². The Morgan fingerprint density at radius 2 is 0.923 bits per heavy atom. The van der Waals surface area contributed by atoms with Crippen LogP contribution in [-0.2, 0) is 25.7 Å². The fourth-order valence-corrected chi connectivity index (χ4v) is 42.1. The maximum absolute atomic E-state index is 4.99. The van der Waals surface area contributed by atoms with Gasteiger partial charge in [-0.2, -0.15) is 0 Å². The number of rotatable bonds is 4. The van der Waals surface area contributed by atoms with Crippen molar-refractivity contribution in [3.63, 3.8) is 0 Å². The van der Waals surface area contributed by atoms with Gasteiger partial charge in [0.05, 0.1) is 0 Å². The molecular weight excluding hydrogens is 669 g/mol. The summed E-state index contributed by atoms with van der Waals surface area (Å²) >= 11 is 2.04. The predicted molar refractivity (Wildman–Crippen MR) is 167 cm³/mol. The van der Waals surface area contributed by atoms with Crippen molar-refractivity contribution in [3.8, 4) is 0 Å². The van der Waals surface area contributed by atoms with Crippen LogP contribution in [0.5, 0.6) is 0 Å². The molecule has 4 fully saturated rings. The summed E-state index contributed by atoms with van der Waals surface area (Å²) in [5.41, 5.74) is 11.4. The van der Waals surface area contributed by atoms with E-state index in [1.54, 1.807) is 33.4 Å². The Morgan fingerprint density at radius 1 is 0.590 bits per heavy atom. The van der Waals surface area contributed by atoms with E-state index in [1.165, 1.54) is 51.4 Å². The quantitative estimate of drug-likeness (QED) is 0.224. The van der Waals surface area contributed by atoms with Crippen molar-refractivity contribution in [3.05, 3.63) is 95.1 Å². The summed E-state index contributed by atoms with van der Waals surface area (Å²) in [5.74, 6) is 1.61. The van der Waals surface area contributed by atoms with Gasteiger partial charge < -0.3 is 0 Å². The van der Waals surface area contributed by atoms with E-state index in [2.05, 4.69) is 76.2 Å². The molecule has 4 atom stereocenters. The van der Waals surface area contributed by atoms with Crippen LogP contribution in [0.25, 0.3) is 0 Å². The van der Waals surface area contributed by atoms with Crippen molar-refractivity contribution >= 4 is 37.6 Å². The summed E-state index contributed by atoms with van der Waals surface area (Å²) in [7, 11) is 0. The molecule has 8 rings (SSSR count).